The first kappa shape index (κ1) is 17.2. The van der Waals surface area contributed by atoms with Crippen molar-refractivity contribution in [1.82, 2.24) is 4.98 Å². The standard InChI is InChI=1S/C17H14ClN3O3S/c1-23-14-7-6-11(18)8-13(14)20-16(22)9-19-24-10-17-21-12-4-2-3-5-15(12)25-17/h2-9H,10H2,1H3,(H,20,22)/b19-9-. The van der Waals surface area contributed by atoms with Crippen molar-refractivity contribution in [2.45, 2.75) is 6.61 Å². The van der Waals surface area contributed by atoms with Crippen molar-refractivity contribution in [1.29, 1.82) is 0 Å². The van der Waals surface area contributed by atoms with E-state index in [2.05, 4.69) is 15.5 Å². The smallest absolute Gasteiger partial charge is 0.270 e. The van der Waals surface area contributed by atoms with E-state index in [1.165, 1.54) is 18.4 Å². The lowest BCUT2D eigenvalue weighted by Gasteiger charge is -2.08. The van der Waals surface area contributed by atoms with Crippen LogP contribution >= 0.6 is 22.9 Å². The molecule has 1 heterocycles. The minimum Gasteiger partial charge on any atom is -0.495 e. The minimum atomic E-state index is -0.454. The summed E-state index contributed by atoms with van der Waals surface area (Å²) < 4.78 is 6.24. The largest absolute Gasteiger partial charge is 0.495 e. The van der Waals surface area contributed by atoms with Gasteiger partial charge < -0.3 is 14.9 Å². The summed E-state index contributed by atoms with van der Waals surface area (Å²) in [6, 6.07) is 12.7. The Hall–Kier alpha value is -2.64. The number of benzene rings is 2. The minimum absolute atomic E-state index is 0.198. The average molecular weight is 376 g/mol. The fourth-order valence-electron chi connectivity index (χ4n) is 2.10. The van der Waals surface area contributed by atoms with E-state index in [0.29, 0.717) is 16.5 Å². The van der Waals surface area contributed by atoms with Gasteiger partial charge in [-0.1, -0.05) is 28.9 Å². The third kappa shape index (κ3) is 4.46. The molecule has 3 aromatic rings. The highest BCUT2D eigenvalue weighted by atomic mass is 35.5. The van der Waals surface area contributed by atoms with Crippen molar-refractivity contribution in [2.75, 3.05) is 12.4 Å². The number of nitrogens with one attached hydrogen (secondary N) is 1. The van der Waals surface area contributed by atoms with Gasteiger partial charge in [0.1, 0.15) is 17.0 Å². The lowest BCUT2D eigenvalue weighted by molar-refractivity contribution is -0.110. The highest BCUT2D eigenvalue weighted by Crippen LogP contribution is 2.27. The van der Waals surface area contributed by atoms with Gasteiger partial charge in [-0.15, -0.1) is 11.3 Å². The molecule has 128 valence electrons. The van der Waals surface area contributed by atoms with Crippen molar-refractivity contribution < 1.29 is 14.4 Å². The number of anilines is 1. The number of thiazole rings is 1. The maximum Gasteiger partial charge on any atom is 0.270 e. The summed E-state index contributed by atoms with van der Waals surface area (Å²) in [5.41, 5.74) is 1.37. The number of carbonyl (C=O) groups excluding carboxylic acids is 1. The van der Waals surface area contributed by atoms with Gasteiger partial charge in [0.15, 0.2) is 6.61 Å². The number of carbonyl (C=O) groups is 1. The van der Waals surface area contributed by atoms with Crippen LogP contribution < -0.4 is 10.1 Å². The molecule has 0 spiro atoms. The van der Waals surface area contributed by atoms with E-state index < -0.39 is 5.91 Å². The molecule has 0 aliphatic heterocycles. The third-order valence-corrected chi connectivity index (χ3v) is 4.44. The van der Waals surface area contributed by atoms with Gasteiger partial charge in [-0.25, -0.2) is 4.98 Å². The highest BCUT2D eigenvalue weighted by Gasteiger charge is 2.07. The number of rotatable bonds is 6. The predicted molar refractivity (Wildman–Crippen MR) is 99.5 cm³/mol. The van der Waals surface area contributed by atoms with Crippen molar-refractivity contribution in [2.24, 2.45) is 5.16 Å². The van der Waals surface area contributed by atoms with Crippen LogP contribution in [-0.2, 0) is 16.2 Å². The average Bonchev–Trinajstić information content (AvgIpc) is 3.02. The van der Waals surface area contributed by atoms with Crippen LogP contribution in [0.5, 0.6) is 5.75 Å². The van der Waals surface area contributed by atoms with Crippen LogP contribution in [0.2, 0.25) is 5.02 Å². The lowest BCUT2D eigenvalue weighted by Crippen LogP contribution is -2.13. The van der Waals surface area contributed by atoms with E-state index in [4.69, 9.17) is 21.2 Å². The predicted octanol–water partition coefficient (Wildman–Crippen LogP) is 4.10. The molecular formula is C17H14ClN3O3S. The van der Waals surface area contributed by atoms with Crippen LogP contribution in [0.4, 0.5) is 5.69 Å². The lowest BCUT2D eigenvalue weighted by atomic mass is 10.3. The summed E-state index contributed by atoms with van der Waals surface area (Å²) in [5, 5.41) is 7.57. The normalized spacial score (nSPS) is 11.0. The number of halogens is 1. The molecule has 3 rings (SSSR count). The van der Waals surface area contributed by atoms with Gasteiger partial charge in [0.05, 0.1) is 23.0 Å². The second-order valence-corrected chi connectivity index (χ2v) is 6.47. The Labute approximate surface area is 153 Å². The number of methoxy groups -OCH3 is 1. The molecule has 6 nitrogen and oxygen atoms in total. The molecule has 0 fully saturated rings. The molecule has 0 saturated carbocycles. The summed E-state index contributed by atoms with van der Waals surface area (Å²) in [7, 11) is 1.51. The second-order valence-electron chi connectivity index (χ2n) is 4.92. The van der Waals surface area contributed by atoms with Crippen molar-refractivity contribution in [3.63, 3.8) is 0 Å². The SMILES string of the molecule is COc1ccc(Cl)cc1NC(=O)/C=N\OCc1nc2ccccc2s1. The number of para-hydroxylation sites is 1. The Balaban J connectivity index is 1.55. The zero-order valence-electron chi connectivity index (χ0n) is 13.2. The summed E-state index contributed by atoms with van der Waals surface area (Å²) >= 11 is 7.44. The molecule has 0 radical (unpaired) electrons. The van der Waals surface area contributed by atoms with Crippen LogP contribution in [0.15, 0.2) is 47.6 Å². The molecule has 1 amide bonds. The first-order valence-electron chi connectivity index (χ1n) is 7.30. The van der Waals surface area contributed by atoms with Gasteiger partial charge >= 0.3 is 0 Å². The maximum atomic E-state index is 11.9. The number of hydrogen-bond acceptors (Lipinski definition) is 6. The molecule has 2 aromatic carbocycles. The Morgan fingerprint density at radius 3 is 3.00 bits per heavy atom. The first-order valence-corrected chi connectivity index (χ1v) is 8.49. The molecule has 8 heteroatoms. The number of ether oxygens (including phenoxy) is 1. The molecule has 0 saturated heterocycles. The fourth-order valence-corrected chi connectivity index (χ4v) is 3.15. The van der Waals surface area contributed by atoms with Crippen molar-refractivity contribution in [3.8, 4) is 5.75 Å². The van der Waals surface area contributed by atoms with Gasteiger partial charge in [-0.05, 0) is 30.3 Å². The summed E-state index contributed by atoms with van der Waals surface area (Å²) in [6.45, 7) is 0.198. The summed E-state index contributed by atoms with van der Waals surface area (Å²) in [4.78, 5) is 21.4. The van der Waals surface area contributed by atoms with Crippen LogP contribution in [0, 0.1) is 0 Å². The molecule has 0 aliphatic rings. The van der Waals surface area contributed by atoms with Crippen LogP contribution in [0.1, 0.15) is 5.01 Å². The summed E-state index contributed by atoms with van der Waals surface area (Å²) in [6.07, 6.45) is 1.05. The number of aromatic nitrogens is 1. The zero-order valence-corrected chi connectivity index (χ0v) is 14.8. The molecule has 1 aromatic heterocycles. The Morgan fingerprint density at radius 1 is 1.36 bits per heavy atom. The Bertz CT molecular complexity index is 893. The van der Waals surface area contributed by atoms with Crippen LogP contribution in [0.25, 0.3) is 10.2 Å². The third-order valence-electron chi connectivity index (χ3n) is 3.19. The number of hydrogen-bond donors (Lipinski definition) is 1. The van der Waals surface area contributed by atoms with E-state index in [-0.39, 0.29) is 6.61 Å². The van der Waals surface area contributed by atoms with Gasteiger partial charge in [-0.3, -0.25) is 4.79 Å². The van der Waals surface area contributed by atoms with E-state index in [9.17, 15) is 4.79 Å². The van der Waals surface area contributed by atoms with Crippen molar-refractivity contribution in [3.05, 3.63) is 52.5 Å². The topological polar surface area (TPSA) is 72.8 Å². The van der Waals surface area contributed by atoms with E-state index in [1.807, 2.05) is 24.3 Å². The molecular weight excluding hydrogens is 362 g/mol. The van der Waals surface area contributed by atoms with E-state index >= 15 is 0 Å². The monoisotopic (exact) mass is 375 g/mol. The van der Waals surface area contributed by atoms with Crippen molar-refractivity contribution >= 4 is 51.0 Å². The van der Waals surface area contributed by atoms with E-state index in [1.54, 1.807) is 18.2 Å². The first-order chi connectivity index (χ1) is 12.2. The quantitative estimate of drug-likeness (QED) is 0.520. The van der Waals surface area contributed by atoms with Crippen LogP contribution in [-0.4, -0.2) is 24.2 Å². The highest BCUT2D eigenvalue weighted by molar-refractivity contribution is 7.18. The van der Waals surface area contributed by atoms with Gasteiger partial charge in [0.2, 0.25) is 0 Å². The molecule has 0 aliphatic carbocycles. The molecule has 1 N–H and O–H groups in total. The second kappa shape index (κ2) is 7.96. The van der Waals surface area contributed by atoms with Crippen LogP contribution in [0.3, 0.4) is 0 Å². The number of amides is 1. The number of oxime groups is 1. The maximum absolute atomic E-state index is 11.9. The van der Waals surface area contributed by atoms with Gasteiger partial charge in [-0.2, -0.15) is 0 Å². The van der Waals surface area contributed by atoms with Gasteiger partial charge in [0, 0.05) is 5.02 Å². The summed E-state index contributed by atoms with van der Waals surface area (Å²) in [5.74, 6) is 0.0476. The number of nitrogens with zero attached hydrogens (tertiary/aromatic N) is 2. The Kier molecular flexibility index (Phi) is 5.47. The molecule has 0 atom stereocenters. The molecule has 0 unspecified atom stereocenters. The number of fused-ring (bicyclic) bond motifs is 1. The fraction of sp³-hybridized carbons (Fsp3) is 0.118. The molecule has 25 heavy (non-hydrogen) atoms. The van der Waals surface area contributed by atoms with Gasteiger partial charge in [0.25, 0.3) is 5.91 Å². The molecule has 0 bridgehead atoms. The zero-order chi connectivity index (χ0) is 17.6. The Morgan fingerprint density at radius 2 is 2.20 bits per heavy atom. The van der Waals surface area contributed by atoms with E-state index in [0.717, 1.165) is 21.4 Å².